The highest BCUT2D eigenvalue weighted by atomic mass is 16.5. The first-order valence-corrected chi connectivity index (χ1v) is 8.59. The molecular weight excluding hydrogens is 298 g/mol. The molecule has 0 aromatic heterocycles. The molecule has 3 nitrogen and oxygen atoms in total. The van der Waals surface area contributed by atoms with Crippen molar-refractivity contribution in [2.75, 3.05) is 11.9 Å². The van der Waals surface area contributed by atoms with Crippen LogP contribution in [0.25, 0.3) is 0 Å². The minimum atomic E-state index is -0.475. The van der Waals surface area contributed by atoms with E-state index in [1.54, 1.807) is 0 Å². The molecule has 2 aromatic rings. The van der Waals surface area contributed by atoms with E-state index in [0.29, 0.717) is 6.42 Å². The number of hydrogen-bond acceptors (Lipinski definition) is 2. The second-order valence-corrected chi connectivity index (χ2v) is 6.73. The number of rotatable bonds is 8. The van der Waals surface area contributed by atoms with Gasteiger partial charge in [-0.25, -0.2) is 0 Å². The average Bonchev–Trinajstić information content (AvgIpc) is 2.57. The van der Waals surface area contributed by atoms with E-state index in [4.69, 9.17) is 4.74 Å². The van der Waals surface area contributed by atoms with Crippen molar-refractivity contribution >= 4 is 11.6 Å². The Morgan fingerprint density at radius 1 is 1.04 bits per heavy atom. The van der Waals surface area contributed by atoms with Crippen molar-refractivity contribution in [2.45, 2.75) is 40.0 Å². The highest BCUT2D eigenvalue weighted by Crippen LogP contribution is 2.25. The number of nitrogens with one attached hydrogen (secondary N) is 1. The summed E-state index contributed by atoms with van der Waals surface area (Å²) in [7, 11) is 0. The fourth-order valence-corrected chi connectivity index (χ4v) is 2.46. The van der Waals surface area contributed by atoms with E-state index >= 15 is 0 Å². The van der Waals surface area contributed by atoms with Crippen LogP contribution in [0.1, 0.15) is 39.2 Å². The lowest BCUT2D eigenvalue weighted by Gasteiger charge is -2.23. The molecule has 0 heterocycles. The van der Waals surface area contributed by atoms with Gasteiger partial charge in [0.2, 0.25) is 5.91 Å². The SMILES string of the molecule is CCCCOc1ccc(NC(=O)C(C)(C)Cc2ccccc2)cc1. The zero-order valence-electron chi connectivity index (χ0n) is 14.8. The van der Waals surface area contributed by atoms with Crippen molar-refractivity contribution in [2.24, 2.45) is 5.41 Å². The Hall–Kier alpha value is -2.29. The number of unbranched alkanes of at least 4 members (excludes halogenated alkanes) is 1. The molecule has 128 valence electrons. The molecule has 0 atom stereocenters. The van der Waals surface area contributed by atoms with Crippen LogP contribution in [0.15, 0.2) is 54.6 Å². The first-order valence-electron chi connectivity index (χ1n) is 8.59. The van der Waals surface area contributed by atoms with E-state index < -0.39 is 5.41 Å². The summed E-state index contributed by atoms with van der Waals surface area (Å²) in [5, 5.41) is 3.00. The van der Waals surface area contributed by atoms with Crippen LogP contribution in [0.2, 0.25) is 0 Å². The van der Waals surface area contributed by atoms with Gasteiger partial charge in [0.25, 0.3) is 0 Å². The molecule has 0 aliphatic carbocycles. The van der Waals surface area contributed by atoms with Crippen molar-refractivity contribution < 1.29 is 9.53 Å². The van der Waals surface area contributed by atoms with Crippen LogP contribution in [0.3, 0.4) is 0 Å². The van der Waals surface area contributed by atoms with Gasteiger partial charge in [-0.1, -0.05) is 57.5 Å². The van der Waals surface area contributed by atoms with Crippen LogP contribution in [0.5, 0.6) is 5.75 Å². The molecule has 0 spiro atoms. The molecule has 0 aliphatic rings. The van der Waals surface area contributed by atoms with Gasteiger partial charge in [-0.15, -0.1) is 0 Å². The standard InChI is InChI=1S/C21H27NO2/c1-4-5-15-24-19-13-11-18(12-14-19)22-20(23)21(2,3)16-17-9-7-6-8-10-17/h6-14H,4-5,15-16H2,1-3H3,(H,22,23). The number of hydrogen-bond donors (Lipinski definition) is 1. The van der Waals surface area contributed by atoms with Gasteiger partial charge in [0.15, 0.2) is 0 Å². The Balaban J connectivity index is 1.93. The van der Waals surface area contributed by atoms with Gasteiger partial charge in [-0.05, 0) is 42.7 Å². The van der Waals surface area contributed by atoms with Crippen LogP contribution >= 0.6 is 0 Å². The topological polar surface area (TPSA) is 38.3 Å². The number of anilines is 1. The van der Waals surface area contributed by atoms with E-state index in [-0.39, 0.29) is 5.91 Å². The molecule has 0 fully saturated rings. The first-order chi connectivity index (χ1) is 11.5. The predicted molar refractivity (Wildman–Crippen MR) is 99.4 cm³/mol. The maximum absolute atomic E-state index is 12.6. The van der Waals surface area contributed by atoms with Gasteiger partial charge in [-0.2, -0.15) is 0 Å². The predicted octanol–water partition coefficient (Wildman–Crippen LogP) is 5.07. The Kier molecular flexibility index (Phi) is 6.42. The maximum atomic E-state index is 12.6. The van der Waals surface area contributed by atoms with E-state index in [0.717, 1.165) is 36.4 Å². The van der Waals surface area contributed by atoms with Gasteiger partial charge < -0.3 is 10.1 Å². The van der Waals surface area contributed by atoms with E-state index in [1.165, 1.54) is 0 Å². The van der Waals surface area contributed by atoms with Crippen molar-refractivity contribution in [1.82, 2.24) is 0 Å². The van der Waals surface area contributed by atoms with Crippen molar-refractivity contribution in [3.63, 3.8) is 0 Å². The molecule has 0 unspecified atom stereocenters. The summed E-state index contributed by atoms with van der Waals surface area (Å²) in [6.45, 7) is 6.81. The number of benzene rings is 2. The molecule has 0 bridgehead atoms. The number of amides is 1. The molecule has 0 saturated carbocycles. The van der Waals surface area contributed by atoms with Crippen molar-refractivity contribution in [3.05, 3.63) is 60.2 Å². The number of carbonyl (C=O) groups is 1. The lowest BCUT2D eigenvalue weighted by atomic mass is 9.84. The summed E-state index contributed by atoms with van der Waals surface area (Å²) in [6, 6.07) is 17.7. The molecule has 2 rings (SSSR count). The number of ether oxygens (including phenoxy) is 1. The second-order valence-electron chi connectivity index (χ2n) is 6.73. The minimum Gasteiger partial charge on any atom is -0.494 e. The van der Waals surface area contributed by atoms with Gasteiger partial charge >= 0.3 is 0 Å². The fourth-order valence-electron chi connectivity index (χ4n) is 2.46. The molecule has 1 N–H and O–H groups in total. The second kappa shape index (κ2) is 8.53. The van der Waals surface area contributed by atoms with Crippen LogP contribution in [0.4, 0.5) is 5.69 Å². The molecule has 1 amide bonds. The van der Waals surface area contributed by atoms with Gasteiger partial charge in [0.1, 0.15) is 5.75 Å². The summed E-state index contributed by atoms with van der Waals surface area (Å²) < 4.78 is 5.64. The maximum Gasteiger partial charge on any atom is 0.230 e. The highest BCUT2D eigenvalue weighted by molar-refractivity contribution is 5.95. The molecule has 24 heavy (non-hydrogen) atoms. The zero-order valence-corrected chi connectivity index (χ0v) is 14.8. The minimum absolute atomic E-state index is 0.0194. The molecule has 0 aliphatic heterocycles. The Morgan fingerprint density at radius 3 is 2.33 bits per heavy atom. The first kappa shape index (κ1) is 18.1. The normalized spacial score (nSPS) is 11.1. The quantitative estimate of drug-likeness (QED) is 0.688. The van der Waals surface area contributed by atoms with E-state index in [9.17, 15) is 4.79 Å². The van der Waals surface area contributed by atoms with Gasteiger partial charge in [0, 0.05) is 11.1 Å². The third-order valence-corrected chi connectivity index (χ3v) is 3.98. The molecule has 3 heteroatoms. The smallest absolute Gasteiger partial charge is 0.230 e. The summed E-state index contributed by atoms with van der Waals surface area (Å²) >= 11 is 0. The lowest BCUT2D eigenvalue weighted by Crippen LogP contribution is -2.32. The molecule has 0 radical (unpaired) electrons. The van der Waals surface area contributed by atoms with E-state index in [2.05, 4.69) is 24.4 Å². The van der Waals surface area contributed by atoms with Crippen LogP contribution < -0.4 is 10.1 Å². The average molecular weight is 325 g/mol. The molecule has 0 saturated heterocycles. The third kappa shape index (κ3) is 5.41. The van der Waals surface area contributed by atoms with Crippen molar-refractivity contribution in [1.29, 1.82) is 0 Å². The summed E-state index contributed by atoms with van der Waals surface area (Å²) in [6.07, 6.45) is 2.87. The van der Waals surface area contributed by atoms with Crippen LogP contribution in [-0.2, 0) is 11.2 Å². The number of carbonyl (C=O) groups excluding carboxylic acids is 1. The van der Waals surface area contributed by atoms with Gasteiger partial charge in [-0.3, -0.25) is 4.79 Å². The highest BCUT2D eigenvalue weighted by Gasteiger charge is 2.27. The Labute approximate surface area is 145 Å². The monoisotopic (exact) mass is 325 g/mol. The lowest BCUT2D eigenvalue weighted by molar-refractivity contribution is -0.123. The Morgan fingerprint density at radius 2 is 1.71 bits per heavy atom. The zero-order chi connectivity index (χ0) is 17.4. The summed E-state index contributed by atoms with van der Waals surface area (Å²) in [5.74, 6) is 0.857. The van der Waals surface area contributed by atoms with Crippen LogP contribution in [-0.4, -0.2) is 12.5 Å². The van der Waals surface area contributed by atoms with Crippen molar-refractivity contribution in [3.8, 4) is 5.75 Å². The molecule has 2 aromatic carbocycles. The Bertz CT molecular complexity index is 633. The fraction of sp³-hybridized carbons (Fsp3) is 0.381. The largest absolute Gasteiger partial charge is 0.494 e. The van der Waals surface area contributed by atoms with Crippen LogP contribution in [0, 0.1) is 5.41 Å². The third-order valence-electron chi connectivity index (χ3n) is 3.98. The van der Waals surface area contributed by atoms with E-state index in [1.807, 2.05) is 56.3 Å². The summed E-state index contributed by atoms with van der Waals surface area (Å²) in [5.41, 5.74) is 1.48. The van der Waals surface area contributed by atoms with Gasteiger partial charge in [0.05, 0.1) is 6.61 Å². The molecular formula is C21H27NO2. The summed E-state index contributed by atoms with van der Waals surface area (Å²) in [4.78, 5) is 12.6.